The molecule has 0 bridgehead atoms. The van der Waals surface area contributed by atoms with Crippen molar-refractivity contribution in [1.29, 1.82) is 0 Å². The van der Waals surface area contributed by atoms with Crippen molar-refractivity contribution in [3.63, 3.8) is 0 Å². The molecule has 0 radical (unpaired) electrons. The number of carbonyl (C=O) groups excluding carboxylic acids is 2. The third-order valence-electron chi connectivity index (χ3n) is 3.63. The highest BCUT2D eigenvalue weighted by Gasteiger charge is 2.08. The molecule has 3 aromatic rings. The summed E-state index contributed by atoms with van der Waals surface area (Å²) in [6, 6.07) is 9.63. The Morgan fingerprint density at radius 3 is 2.80 bits per heavy atom. The summed E-state index contributed by atoms with van der Waals surface area (Å²) in [5.74, 6) is 1.43. The first kappa shape index (κ1) is 17.2. The number of nitrogens with zero attached hydrogens (tertiary/aromatic N) is 1. The van der Waals surface area contributed by atoms with Gasteiger partial charge >= 0.3 is 0 Å². The molecule has 2 aromatic heterocycles. The quantitative estimate of drug-likeness (QED) is 0.708. The lowest BCUT2D eigenvalue weighted by molar-refractivity contribution is -0.121. The van der Waals surface area contributed by atoms with Crippen molar-refractivity contribution in [1.82, 2.24) is 10.3 Å². The second-order valence-corrected chi connectivity index (χ2v) is 6.82. The first-order valence-corrected chi connectivity index (χ1v) is 8.80. The van der Waals surface area contributed by atoms with Crippen molar-refractivity contribution in [2.45, 2.75) is 33.2 Å². The second-order valence-electron chi connectivity index (χ2n) is 5.79. The number of rotatable bonds is 6. The van der Waals surface area contributed by atoms with E-state index in [1.54, 1.807) is 0 Å². The van der Waals surface area contributed by atoms with E-state index in [1.807, 2.05) is 37.3 Å². The fourth-order valence-electron chi connectivity index (χ4n) is 2.44. The molecule has 0 saturated carbocycles. The van der Waals surface area contributed by atoms with Gasteiger partial charge < -0.3 is 15.1 Å². The highest BCUT2D eigenvalue weighted by Crippen LogP contribution is 2.27. The van der Waals surface area contributed by atoms with Crippen molar-refractivity contribution >= 4 is 38.5 Å². The number of aryl methyl sites for hydroxylation is 2. The van der Waals surface area contributed by atoms with E-state index in [4.69, 9.17) is 4.42 Å². The summed E-state index contributed by atoms with van der Waals surface area (Å²) >= 11 is 1.43. The zero-order chi connectivity index (χ0) is 17.8. The molecule has 2 amide bonds. The molecule has 1 aromatic carbocycles. The number of hydrogen-bond acceptors (Lipinski definition) is 5. The van der Waals surface area contributed by atoms with Gasteiger partial charge in [0.1, 0.15) is 11.5 Å². The van der Waals surface area contributed by atoms with E-state index in [1.165, 1.54) is 18.3 Å². The average molecular weight is 357 g/mol. The molecule has 25 heavy (non-hydrogen) atoms. The van der Waals surface area contributed by atoms with E-state index in [2.05, 4.69) is 15.6 Å². The lowest BCUT2D eigenvalue weighted by Gasteiger charge is -2.04. The number of thiazole rings is 1. The molecule has 0 fully saturated rings. The van der Waals surface area contributed by atoms with Crippen LogP contribution in [0.2, 0.25) is 0 Å². The minimum Gasteiger partial charge on any atom is -0.465 e. The van der Waals surface area contributed by atoms with E-state index in [-0.39, 0.29) is 11.8 Å². The van der Waals surface area contributed by atoms with E-state index >= 15 is 0 Å². The summed E-state index contributed by atoms with van der Waals surface area (Å²) < 4.78 is 6.42. The third kappa shape index (κ3) is 4.67. The molecule has 6 nitrogen and oxygen atoms in total. The van der Waals surface area contributed by atoms with Crippen LogP contribution in [0.4, 0.5) is 5.13 Å². The Morgan fingerprint density at radius 1 is 1.24 bits per heavy atom. The first-order chi connectivity index (χ1) is 12.0. The predicted octanol–water partition coefficient (Wildman–Crippen LogP) is 3.41. The Kier molecular flexibility index (Phi) is 5.14. The van der Waals surface area contributed by atoms with E-state index in [0.717, 1.165) is 27.3 Å². The van der Waals surface area contributed by atoms with Gasteiger partial charge in [-0.3, -0.25) is 9.59 Å². The number of fused-ring (bicyclic) bond motifs is 1. The van der Waals surface area contributed by atoms with E-state index < -0.39 is 0 Å². The van der Waals surface area contributed by atoms with Crippen LogP contribution in [0.5, 0.6) is 0 Å². The van der Waals surface area contributed by atoms with Gasteiger partial charge in [0, 0.05) is 13.3 Å². The van der Waals surface area contributed by atoms with Crippen molar-refractivity contribution in [3.8, 4) is 0 Å². The molecule has 0 aliphatic heterocycles. The summed E-state index contributed by atoms with van der Waals surface area (Å²) in [6.45, 7) is 3.74. The Bertz CT molecular complexity index is 913. The lowest BCUT2D eigenvalue weighted by atomic mass is 10.1. The fraction of sp³-hybridized carbons (Fsp3) is 0.278. The summed E-state index contributed by atoms with van der Waals surface area (Å²) in [6.07, 6.45) is 1.05. The highest BCUT2D eigenvalue weighted by molar-refractivity contribution is 7.22. The van der Waals surface area contributed by atoms with Gasteiger partial charge in [0.2, 0.25) is 11.8 Å². The molecular weight excluding hydrogens is 338 g/mol. The minimum atomic E-state index is -0.136. The van der Waals surface area contributed by atoms with Gasteiger partial charge in [-0.05, 0) is 43.2 Å². The molecule has 0 unspecified atom stereocenters. The lowest BCUT2D eigenvalue weighted by Crippen LogP contribution is -2.22. The molecule has 0 aliphatic carbocycles. The van der Waals surface area contributed by atoms with E-state index in [0.29, 0.717) is 24.5 Å². The Morgan fingerprint density at radius 2 is 2.08 bits per heavy atom. The largest absolute Gasteiger partial charge is 0.465 e. The molecule has 130 valence electrons. The first-order valence-electron chi connectivity index (χ1n) is 7.98. The molecule has 0 aliphatic rings. The number of anilines is 1. The van der Waals surface area contributed by atoms with Gasteiger partial charge in [-0.15, -0.1) is 0 Å². The van der Waals surface area contributed by atoms with Crippen molar-refractivity contribution < 1.29 is 14.0 Å². The van der Waals surface area contributed by atoms with Gasteiger partial charge in [-0.1, -0.05) is 17.4 Å². The van der Waals surface area contributed by atoms with Gasteiger partial charge in [-0.25, -0.2) is 4.98 Å². The highest BCUT2D eigenvalue weighted by atomic mass is 32.1. The van der Waals surface area contributed by atoms with Crippen LogP contribution in [0, 0.1) is 6.92 Å². The maximum absolute atomic E-state index is 12.0. The smallest absolute Gasteiger partial charge is 0.223 e. The van der Waals surface area contributed by atoms with Crippen molar-refractivity contribution in [2.75, 3.05) is 5.32 Å². The van der Waals surface area contributed by atoms with Crippen LogP contribution in [-0.2, 0) is 22.6 Å². The number of nitrogens with one attached hydrogen (secondary N) is 2. The van der Waals surface area contributed by atoms with Gasteiger partial charge in [-0.2, -0.15) is 0 Å². The van der Waals surface area contributed by atoms with Gasteiger partial charge in [0.15, 0.2) is 5.13 Å². The number of hydrogen-bond donors (Lipinski definition) is 2. The van der Waals surface area contributed by atoms with Crippen molar-refractivity contribution in [3.05, 3.63) is 47.4 Å². The van der Waals surface area contributed by atoms with Crippen LogP contribution in [0.15, 0.2) is 34.7 Å². The Hall–Kier alpha value is -2.67. The summed E-state index contributed by atoms with van der Waals surface area (Å²) in [5.41, 5.74) is 1.91. The molecule has 2 heterocycles. The summed E-state index contributed by atoms with van der Waals surface area (Å²) in [7, 11) is 0. The number of amides is 2. The van der Waals surface area contributed by atoms with Crippen LogP contribution in [0.3, 0.4) is 0 Å². The summed E-state index contributed by atoms with van der Waals surface area (Å²) in [4.78, 5) is 27.4. The molecule has 2 N–H and O–H groups in total. The standard InChI is InChI=1S/C18H19N3O3S/c1-11-3-6-14(24-11)10-19-17(23)8-5-13-4-7-15-16(9-13)25-18(21-15)20-12(2)22/h3-4,6-7,9H,5,8,10H2,1-2H3,(H,19,23)(H,20,21,22). The molecule has 0 saturated heterocycles. The third-order valence-corrected chi connectivity index (χ3v) is 4.57. The van der Waals surface area contributed by atoms with Crippen LogP contribution in [0.25, 0.3) is 10.2 Å². The van der Waals surface area contributed by atoms with Crippen LogP contribution < -0.4 is 10.6 Å². The molecule has 7 heteroatoms. The maximum Gasteiger partial charge on any atom is 0.223 e. The van der Waals surface area contributed by atoms with Gasteiger partial charge in [0.25, 0.3) is 0 Å². The average Bonchev–Trinajstić information content (AvgIpc) is 3.15. The number of aromatic nitrogens is 1. The maximum atomic E-state index is 12.0. The molecular formula is C18H19N3O3S. The normalized spacial score (nSPS) is 10.8. The molecule has 0 spiro atoms. The SMILES string of the molecule is CC(=O)Nc1nc2ccc(CCC(=O)NCc3ccc(C)o3)cc2s1. The zero-order valence-corrected chi connectivity index (χ0v) is 14.9. The molecule has 0 atom stereocenters. The zero-order valence-electron chi connectivity index (χ0n) is 14.1. The van der Waals surface area contributed by atoms with E-state index in [9.17, 15) is 9.59 Å². The predicted molar refractivity (Wildman–Crippen MR) is 97.5 cm³/mol. The van der Waals surface area contributed by atoms with Crippen LogP contribution in [-0.4, -0.2) is 16.8 Å². The summed E-state index contributed by atoms with van der Waals surface area (Å²) in [5, 5.41) is 6.14. The Labute approximate surface area is 149 Å². The van der Waals surface area contributed by atoms with Crippen molar-refractivity contribution in [2.24, 2.45) is 0 Å². The number of furan rings is 1. The number of benzene rings is 1. The van der Waals surface area contributed by atoms with Crippen LogP contribution >= 0.6 is 11.3 Å². The molecule has 3 rings (SSSR count). The number of carbonyl (C=O) groups is 2. The monoisotopic (exact) mass is 357 g/mol. The van der Waals surface area contributed by atoms with Gasteiger partial charge in [0.05, 0.1) is 16.8 Å². The Balaban J connectivity index is 1.55. The second kappa shape index (κ2) is 7.48. The minimum absolute atomic E-state index is 0.0163. The fourth-order valence-corrected chi connectivity index (χ4v) is 3.42. The topological polar surface area (TPSA) is 84.2 Å². The van der Waals surface area contributed by atoms with Crippen LogP contribution in [0.1, 0.15) is 30.4 Å².